The van der Waals surface area contributed by atoms with E-state index in [1.54, 1.807) is 6.26 Å². The molecule has 1 saturated heterocycles. The van der Waals surface area contributed by atoms with Crippen molar-refractivity contribution in [2.24, 2.45) is 0 Å². The van der Waals surface area contributed by atoms with Crippen molar-refractivity contribution in [2.75, 3.05) is 6.26 Å². The van der Waals surface area contributed by atoms with Crippen molar-refractivity contribution in [3.63, 3.8) is 0 Å². The highest BCUT2D eigenvalue weighted by molar-refractivity contribution is 8.00. The Morgan fingerprint density at radius 3 is 1.55 bits per heavy atom. The van der Waals surface area contributed by atoms with Gasteiger partial charge in [0.2, 0.25) is 0 Å². The zero-order valence-electron chi connectivity index (χ0n) is 16.8. The van der Waals surface area contributed by atoms with Gasteiger partial charge < -0.3 is 0 Å². The molecular formula is C23H22N2O4S2. The summed E-state index contributed by atoms with van der Waals surface area (Å²) in [6.07, 6.45) is 1.71. The van der Waals surface area contributed by atoms with Gasteiger partial charge in [0.05, 0.1) is 5.54 Å². The van der Waals surface area contributed by atoms with E-state index in [-0.39, 0.29) is 0 Å². The highest BCUT2D eigenvalue weighted by Crippen LogP contribution is 2.41. The largest absolute Gasteiger partial charge is 0.363 e. The molecule has 31 heavy (non-hydrogen) atoms. The molecule has 0 unspecified atom stereocenters. The fourth-order valence-electron chi connectivity index (χ4n) is 4.10. The molecule has 8 heteroatoms. The number of carbonyl (C=O) groups is 1. The van der Waals surface area contributed by atoms with E-state index < -0.39 is 33.2 Å². The average molecular weight is 455 g/mol. The average Bonchev–Trinajstić information content (AvgIpc) is 2.79. The number of rotatable bonds is 7. The molecule has 1 amide bonds. The Balaban J connectivity index is 1.91. The standard InChI is InChI=1S/C23H22N2O4S2/c1-30-22-20(21(26)25(22)31(27,28)29)24-23(17-11-5-2-6-12-17,18-13-7-3-8-14-18)19-15-9-4-10-16-19/h2-16,20,22,24H,1H3,(H,27,28,29)/t20-,22-/m1/s1. The first-order valence-electron chi connectivity index (χ1n) is 9.67. The Hall–Kier alpha value is -2.65. The van der Waals surface area contributed by atoms with Crippen LogP contribution in [0.2, 0.25) is 0 Å². The normalized spacial score (nSPS) is 19.2. The first-order chi connectivity index (χ1) is 14.9. The van der Waals surface area contributed by atoms with Crippen LogP contribution in [0.3, 0.4) is 0 Å². The van der Waals surface area contributed by atoms with Crippen LogP contribution in [0, 0.1) is 0 Å². The summed E-state index contributed by atoms with van der Waals surface area (Å²) in [5.74, 6) is -0.686. The van der Waals surface area contributed by atoms with Crippen LogP contribution in [0.25, 0.3) is 0 Å². The molecule has 0 bridgehead atoms. The monoisotopic (exact) mass is 454 g/mol. The predicted octanol–water partition coefficient (Wildman–Crippen LogP) is 3.27. The highest BCUT2D eigenvalue weighted by Gasteiger charge is 2.56. The fraction of sp³-hybridized carbons (Fsp3) is 0.174. The van der Waals surface area contributed by atoms with Crippen molar-refractivity contribution in [1.82, 2.24) is 9.62 Å². The van der Waals surface area contributed by atoms with Crippen LogP contribution in [0.4, 0.5) is 0 Å². The van der Waals surface area contributed by atoms with Gasteiger partial charge in [0.25, 0.3) is 5.91 Å². The number of nitrogens with one attached hydrogen (secondary N) is 1. The van der Waals surface area contributed by atoms with Gasteiger partial charge in [-0.25, -0.2) is 0 Å². The first kappa shape index (κ1) is 21.6. The van der Waals surface area contributed by atoms with Gasteiger partial charge in [0.15, 0.2) is 0 Å². The van der Waals surface area contributed by atoms with Crippen LogP contribution in [0.1, 0.15) is 16.7 Å². The quantitative estimate of drug-likeness (QED) is 0.324. The summed E-state index contributed by atoms with van der Waals surface area (Å²) in [4.78, 5) is 12.9. The number of benzene rings is 3. The summed E-state index contributed by atoms with van der Waals surface area (Å²) in [7, 11) is -4.64. The number of hydrogen-bond donors (Lipinski definition) is 2. The molecule has 0 radical (unpaired) electrons. The Morgan fingerprint density at radius 2 is 1.23 bits per heavy atom. The van der Waals surface area contributed by atoms with Crippen LogP contribution in [-0.4, -0.2) is 40.9 Å². The number of nitrogens with zero attached hydrogens (tertiary/aromatic N) is 1. The molecule has 0 aromatic heterocycles. The molecule has 4 rings (SSSR count). The van der Waals surface area contributed by atoms with Gasteiger partial charge in [0, 0.05) is 0 Å². The Kier molecular flexibility index (Phi) is 5.90. The van der Waals surface area contributed by atoms with Gasteiger partial charge in [0.1, 0.15) is 11.4 Å². The molecule has 0 aliphatic carbocycles. The third-order valence-corrected chi connectivity index (χ3v) is 7.49. The van der Waals surface area contributed by atoms with Gasteiger partial charge in [-0.15, -0.1) is 11.8 Å². The molecule has 0 spiro atoms. The molecule has 2 atom stereocenters. The number of thioether (sulfide) groups is 1. The van der Waals surface area contributed by atoms with Crippen LogP contribution in [0.15, 0.2) is 91.0 Å². The second kappa shape index (κ2) is 8.47. The van der Waals surface area contributed by atoms with E-state index in [0.29, 0.717) is 4.31 Å². The fourth-order valence-corrected chi connectivity index (χ4v) is 6.16. The van der Waals surface area contributed by atoms with Gasteiger partial charge in [-0.1, -0.05) is 91.0 Å². The number of amides is 1. The molecule has 1 heterocycles. The summed E-state index contributed by atoms with van der Waals surface area (Å²) in [5, 5.41) is 2.72. The van der Waals surface area contributed by atoms with Crippen molar-refractivity contribution in [3.8, 4) is 0 Å². The van der Waals surface area contributed by atoms with Gasteiger partial charge in [-0.3, -0.25) is 14.7 Å². The van der Waals surface area contributed by atoms with Crippen molar-refractivity contribution in [3.05, 3.63) is 108 Å². The zero-order chi connectivity index (χ0) is 22.1. The van der Waals surface area contributed by atoms with Crippen LogP contribution >= 0.6 is 11.8 Å². The van der Waals surface area contributed by atoms with Gasteiger partial charge >= 0.3 is 10.3 Å². The van der Waals surface area contributed by atoms with Crippen molar-refractivity contribution < 1.29 is 17.8 Å². The lowest BCUT2D eigenvalue weighted by atomic mass is 9.76. The summed E-state index contributed by atoms with van der Waals surface area (Å²) in [5.41, 5.74) is 1.81. The summed E-state index contributed by atoms with van der Waals surface area (Å²) in [6.45, 7) is 0. The maximum absolute atomic E-state index is 12.9. The second-order valence-electron chi connectivity index (χ2n) is 7.21. The van der Waals surface area contributed by atoms with E-state index in [1.165, 1.54) is 11.8 Å². The second-order valence-corrected chi connectivity index (χ2v) is 9.45. The topological polar surface area (TPSA) is 86.7 Å². The molecule has 6 nitrogen and oxygen atoms in total. The Bertz CT molecular complexity index is 1060. The molecule has 2 N–H and O–H groups in total. The van der Waals surface area contributed by atoms with E-state index >= 15 is 0 Å². The summed E-state index contributed by atoms with van der Waals surface area (Å²) in [6, 6.07) is 28.4. The van der Waals surface area contributed by atoms with Crippen molar-refractivity contribution in [2.45, 2.75) is 17.0 Å². The molecule has 1 fully saturated rings. The maximum Gasteiger partial charge on any atom is 0.363 e. The Morgan fingerprint density at radius 1 is 0.839 bits per heavy atom. The summed E-state index contributed by atoms with van der Waals surface area (Å²) < 4.78 is 33.5. The van der Waals surface area contributed by atoms with Crippen LogP contribution < -0.4 is 5.32 Å². The van der Waals surface area contributed by atoms with E-state index in [0.717, 1.165) is 16.7 Å². The van der Waals surface area contributed by atoms with Crippen molar-refractivity contribution in [1.29, 1.82) is 0 Å². The van der Waals surface area contributed by atoms with E-state index in [9.17, 15) is 17.8 Å². The lowest BCUT2D eigenvalue weighted by molar-refractivity contribution is -0.139. The smallest absolute Gasteiger partial charge is 0.286 e. The summed E-state index contributed by atoms with van der Waals surface area (Å²) >= 11 is 1.19. The molecule has 160 valence electrons. The van der Waals surface area contributed by atoms with Gasteiger partial charge in [-0.2, -0.15) is 12.7 Å². The van der Waals surface area contributed by atoms with E-state index in [1.807, 2.05) is 91.0 Å². The zero-order valence-corrected chi connectivity index (χ0v) is 18.4. The molecule has 0 saturated carbocycles. The van der Waals surface area contributed by atoms with Crippen molar-refractivity contribution >= 4 is 28.0 Å². The molecule has 1 aliphatic heterocycles. The van der Waals surface area contributed by atoms with E-state index in [4.69, 9.17) is 0 Å². The molecular weight excluding hydrogens is 432 g/mol. The minimum absolute atomic E-state index is 0.529. The predicted molar refractivity (Wildman–Crippen MR) is 122 cm³/mol. The maximum atomic E-state index is 12.9. The minimum atomic E-state index is -4.64. The minimum Gasteiger partial charge on any atom is -0.286 e. The first-order valence-corrected chi connectivity index (χ1v) is 12.4. The van der Waals surface area contributed by atoms with Gasteiger partial charge in [-0.05, 0) is 22.9 Å². The van der Waals surface area contributed by atoms with Crippen LogP contribution in [-0.2, 0) is 20.6 Å². The number of β-lactam (4-membered cyclic amide) rings is 1. The lowest BCUT2D eigenvalue weighted by Crippen LogP contribution is -2.72. The highest BCUT2D eigenvalue weighted by atomic mass is 32.2. The Labute approximate surface area is 186 Å². The lowest BCUT2D eigenvalue weighted by Gasteiger charge is -2.48. The van der Waals surface area contributed by atoms with E-state index in [2.05, 4.69) is 5.32 Å². The third kappa shape index (κ3) is 3.76. The molecule has 3 aromatic carbocycles. The van der Waals surface area contributed by atoms with Crippen LogP contribution in [0.5, 0.6) is 0 Å². The molecule has 1 aliphatic rings. The number of hydrogen-bond acceptors (Lipinski definition) is 5. The SMILES string of the molecule is CS[C@@H]1[C@H](NC(c2ccccc2)(c2ccccc2)c2ccccc2)C(=O)N1S(=O)(=O)O. The third-order valence-electron chi connectivity index (χ3n) is 5.48. The number of carbonyl (C=O) groups excluding carboxylic acids is 1. The molecule has 3 aromatic rings.